The highest BCUT2D eigenvalue weighted by molar-refractivity contribution is 5.97. The van der Waals surface area contributed by atoms with Crippen molar-refractivity contribution >= 4 is 11.8 Å². The number of aromatic hydroxyl groups is 1. The molecule has 0 unspecified atom stereocenters. The van der Waals surface area contributed by atoms with Crippen LogP contribution in [0.5, 0.6) is 5.75 Å². The van der Waals surface area contributed by atoms with Crippen LogP contribution >= 0.6 is 0 Å². The van der Waals surface area contributed by atoms with Crippen LogP contribution in [0.4, 0.5) is 13.2 Å². The first kappa shape index (κ1) is 19.5. The SMILES string of the molecule is O=C(c1ccccc1O)N1CCN(C(=O)c2cc(C(F)(F)F)c[nH]c2=O)CC1. The lowest BCUT2D eigenvalue weighted by atomic mass is 10.1. The van der Waals surface area contributed by atoms with E-state index < -0.39 is 34.7 Å². The molecule has 0 atom stereocenters. The number of hydrogen-bond acceptors (Lipinski definition) is 4. The molecule has 3 rings (SSSR count). The van der Waals surface area contributed by atoms with E-state index in [1.807, 2.05) is 4.98 Å². The van der Waals surface area contributed by atoms with Gasteiger partial charge in [-0.25, -0.2) is 0 Å². The molecule has 0 aliphatic carbocycles. The monoisotopic (exact) mass is 395 g/mol. The van der Waals surface area contributed by atoms with Crippen LogP contribution in [-0.4, -0.2) is 57.9 Å². The third-order valence-electron chi connectivity index (χ3n) is 4.45. The van der Waals surface area contributed by atoms with Crippen LogP contribution in [0.15, 0.2) is 41.3 Å². The maximum Gasteiger partial charge on any atom is 0.417 e. The molecule has 1 aliphatic rings. The standard InChI is InChI=1S/C18H16F3N3O4/c19-18(20,21)11-9-13(15(26)22-10-11)17(28)24-7-5-23(6-8-24)16(27)12-3-1-2-4-14(12)25/h1-4,9-10,25H,5-8H2,(H,22,26). The van der Waals surface area contributed by atoms with Gasteiger partial charge in [0.1, 0.15) is 11.3 Å². The number of H-pyrrole nitrogens is 1. The van der Waals surface area contributed by atoms with Crippen LogP contribution in [0.2, 0.25) is 0 Å². The molecule has 1 aromatic carbocycles. The van der Waals surface area contributed by atoms with Gasteiger partial charge >= 0.3 is 6.18 Å². The number of alkyl halides is 3. The van der Waals surface area contributed by atoms with Gasteiger partial charge in [0.2, 0.25) is 0 Å². The van der Waals surface area contributed by atoms with Gasteiger partial charge in [-0.3, -0.25) is 14.4 Å². The molecule has 7 nitrogen and oxygen atoms in total. The zero-order valence-corrected chi connectivity index (χ0v) is 14.5. The van der Waals surface area contributed by atoms with Gasteiger partial charge in [0, 0.05) is 32.4 Å². The smallest absolute Gasteiger partial charge is 0.417 e. The van der Waals surface area contributed by atoms with Crippen molar-refractivity contribution in [1.82, 2.24) is 14.8 Å². The van der Waals surface area contributed by atoms with Gasteiger partial charge in [-0.2, -0.15) is 13.2 Å². The molecule has 10 heteroatoms. The van der Waals surface area contributed by atoms with E-state index in [4.69, 9.17) is 0 Å². The maximum atomic E-state index is 12.8. The van der Waals surface area contributed by atoms with Crippen molar-refractivity contribution in [2.24, 2.45) is 0 Å². The highest BCUT2D eigenvalue weighted by Crippen LogP contribution is 2.28. The summed E-state index contributed by atoms with van der Waals surface area (Å²) in [6, 6.07) is 6.56. The van der Waals surface area contributed by atoms with E-state index in [2.05, 4.69) is 0 Å². The van der Waals surface area contributed by atoms with Crippen LogP contribution in [0.25, 0.3) is 0 Å². The minimum atomic E-state index is -4.69. The molecule has 2 aromatic rings. The van der Waals surface area contributed by atoms with E-state index >= 15 is 0 Å². The summed E-state index contributed by atoms with van der Waals surface area (Å²) in [6.07, 6.45) is -4.18. The summed E-state index contributed by atoms with van der Waals surface area (Å²) in [7, 11) is 0. The number of carbonyl (C=O) groups excluding carboxylic acids is 2. The van der Waals surface area contributed by atoms with Gasteiger partial charge in [0.25, 0.3) is 17.4 Å². The van der Waals surface area contributed by atoms with Gasteiger partial charge in [-0.05, 0) is 18.2 Å². The number of hydrogen-bond donors (Lipinski definition) is 2. The minimum absolute atomic E-state index is 0.0495. The first-order chi connectivity index (χ1) is 13.2. The van der Waals surface area contributed by atoms with E-state index in [0.29, 0.717) is 12.3 Å². The van der Waals surface area contributed by atoms with Gasteiger partial charge in [0.15, 0.2) is 0 Å². The summed E-state index contributed by atoms with van der Waals surface area (Å²) in [5.41, 5.74) is -2.51. The van der Waals surface area contributed by atoms with Gasteiger partial charge in [-0.1, -0.05) is 12.1 Å². The Balaban J connectivity index is 1.72. The molecule has 148 valence electrons. The molecular weight excluding hydrogens is 379 g/mol. The normalized spacial score (nSPS) is 14.8. The number of phenolic OH excluding ortho intramolecular Hbond substituents is 1. The molecule has 0 bridgehead atoms. The van der Waals surface area contributed by atoms with Crippen LogP contribution in [-0.2, 0) is 6.18 Å². The lowest BCUT2D eigenvalue weighted by molar-refractivity contribution is -0.137. The number of para-hydroxylation sites is 1. The van der Waals surface area contributed by atoms with Gasteiger partial charge < -0.3 is 19.9 Å². The first-order valence-electron chi connectivity index (χ1n) is 8.35. The molecule has 28 heavy (non-hydrogen) atoms. The fraction of sp³-hybridized carbons (Fsp3) is 0.278. The second-order valence-electron chi connectivity index (χ2n) is 6.23. The van der Waals surface area contributed by atoms with Crippen LogP contribution < -0.4 is 5.56 Å². The number of aromatic nitrogens is 1. The number of phenols is 1. The Hall–Kier alpha value is -3.30. The Morgan fingerprint density at radius 3 is 2.04 bits per heavy atom. The Labute approximate surface area is 157 Å². The van der Waals surface area contributed by atoms with Crippen LogP contribution in [0.1, 0.15) is 26.3 Å². The minimum Gasteiger partial charge on any atom is -0.507 e. The molecule has 2 heterocycles. The highest BCUT2D eigenvalue weighted by Gasteiger charge is 2.33. The number of nitrogens with one attached hydrogen (secondary N) is 1. The number of pyridine rings is 1. The fourth-order valence-corrected chi connectivity index (χ4v) is 2.91. The molecular formula is C18H16F3N3O4. The van der Waals surface area contributed by atoms with E-state index in [0.717, 1.165) is 0 Å². The number of benzene rings is 1. The van der Waals surface area contributed by atoms with Crippen molar-refractivity contribution in [2.45, 2.75) is 6.18 Å². The predicted molar refractivity (Wildman–Crippen MR) is 92.0 cm³/mol. The molecule has 0 spiro atoms. The summed E-state index contributed by atoms with van der Waals surface area (Å²) < 4.78 is 38.5. The summed E-state index contributed by atoms with van der Waals surface area (Å²) in [4.78, 5) is 41.4. The molecule has 0 radical (unpaired) electrons. The third-order valence-corrected chi connectivity index (χ3v) is 4.45. The maximum absolute atomic E-state index is 12.8. The number of piperazine rings is 1. The Morgan fingerprint density at radius 1 is 0.964 bits per heavy atom. The van der Waals surface area contributed by atoms with Crippen LogP contribution in [0.3, 0.4) is 0 Å². The Kier molecular flexibility index (Phi) is 5.12. The quantitative estimate of drug-likeness (QED) is 0.810. The largest absolute Gasteiger partial charge is 0.507 e. The zero-order chi connectivity index (χ0) is 20.5. The number of rotatable bonds is 2. The van der Waals surface area contributed by atoms with Crippen LogP contribution in [0, 0.1) is 0 Å². The van der Waals surface area contributed by atoms with Crippen molar-refractivity contribution < 1.29 is 27.9 Å². The third kappa shape index (κ3) is 3.85. The first-order valence-corrected chi connectivity index (χ1v) is 8.35. The molecule has 1 saturated heterocycles. The van der Waals surface area contributed by atoms with Crippen molar-refractivity contribution in [3.63, 3.8) is 0 Å². The predicted octanol–water partition coefficient (Wildman–Crippen LogP) is 1.70. The average molecular weight is 395 g/mol. The molecule has 1 aliphatic heterocycles. The number of carbonyl (C=O) groups is 2. The summed E-state index contributed by atoms with van der Waals surface area (Å²) in [5.74, 6) is -1.41. The lowest BCUT2D eigenvalue weighted by Gasteiger charge is -2.34. The van der Waals surface area contributed by atoms with Gasteiger partial charge in [0.05, 0.1) is 11.1 Å². The van der Waals surface area contributed by atoms with Crippen molar-refractivity contribution in [2.75, 3.05) is 26.2 Å². The van der Waals surface area contributed by atoms with E-state index in [1.54, 1.807) is 12.1 Å². The molecule has 0 saturated carbocycles. The van der Waals surface area contributed by atoms with E-state index in [-0.39, 0.29) is 37.5 Å². The number of aromatic amines is 1. The van der Waals surface area contributed by atoms with Gasteiger partial charge in [-0.15, -0.1) is 0 Å². The fourth-order valence-electron chi connectivity index (χ4n) is 2.91. The van der Waals surface area contributed by atoms with Crippen molar-refractivity contribution in [3.8, 4) is 5.75 Å². The molecule has 1 fully saturated rings. The molecule has 1 aromatic heterocycles. The average Bonchev–Trinajstić information content (AvgIpc) is 2.67. The topological polar surface area (TPSA) is 93.7 Å². The summed E-state index contributed by atoms with van der Waals surface area (Å²) in [6.45, 7) is 0.341. The van der Waals surface area contributed by atoms with E-state index in [1.165, 1.54) is 21.9 Å². The Morgan fingerprint density at radius 2 is 1.50 bits per heavy atom. The summed E-state index contributed by atoms with van der Waals surface area (Å²) in [5, 5.41) is 9.78. The molecule has 2 N–H and O–H groups in total. The second kappa shape index (κ2) is 7.37. The number of amides is 2. The molecule has 2 amide bonds. The highest BCUT2D eigenvalue weighted by atomic mass is 19.4. The lowest BCUT2D eigenvalue weighted by Crippen LogP contribution is -2.51. The number of halogens is 3. The van der Waals surface area contributed by atoms with Crippen molar-refractivity contribution in [1.29, 1.82) is 0 Å². The Bertz CT molecular complexity index is 963. The van der Waals surface area contributed by atoms with E-state index in [9.17, 15) is 32.7 Å². The number of nitrogens with zero attached hydrogens (tertiary/aromatic N) is 2. The summed E-state index contributed by atoms with van der Waals surface area (Å²) >= 11 is 0. The second-order valence-corrected chi connectivity index (χ2v) is 6.23. The zero-order valence-electron chi connectivity index (χ0n) is 14.5. The van der Waals surface area contributed by atoms with Crippen molar-refractivity contribution in [3.05, 3.63) is 63.6 Å².